The molecule has 1 N–H and O–H groups in total. The fourth-order valence-corrected chi connectivity index (χ4v) is 1.42. The van der Waals surface area contributed by atoms with E-state index in [0.717, 1.165) is 6.54 Å². The topological polar surface area (TPSA) is 32.3 Å². The van der Waals surface area contributed by atoms with Crippen LogP contribution < -0.4 is 5.32 Å². The van der Waals surface area contributed by atoms with E-state index in [0.29, 0.717) is 18.1 Å². The molecule has 1 rings (SSSR count). The second-order valence-electron chi connectivity index (χ2n) is 2.95. The van der Waals surface area contributed by atoms with Crippen molar-refractivity contribution in [3.8, 4) is 0 Å². The lowest BCUT2D eigenvalue weighted by Gasteiger charge is -2.32. The predicted octanol–water partition coefficient (Wildman–Crippen LogP) is 0.559. The Balaban J connectivity index is 2.52. The van der Waals surface area contributed by atoms with Crippen LogP contribution in [0.25, 0.3) is 0 Å². The fraction of sp³-hybridized carbons (Fsp3) is 0.625. The van der Waals surface area contributed by atoms with Crippen LogP contribution in [0, 0.1) is 0 Å². The van der Waals surface area contributed by atoms with Crippen molar-refractivity contribution >= 4 is 17.5 Å². The maximum absolute atomic E-state index is 11.2. The summed E-state index contributed by atoms with van der Waals surface area (Å²) in [4.78, 5) is 13.2. The Bertz CT molecular complexity index is 205. The minimum absolute atomic E-state index is 0.0687. The van der Waals surface area contributed by atoms with Crippen LogP contribution in [0.1, 0.15) is 6.92 Å². The minimum Gasteiger partial charge on any atom is -0.353 e. The molecule has 0 aromatic carbocycles. The summed E-state index contributed by atoms with van der Waals surface area (Å²) in [5, 5.41) is 3.36. The van der Waals surface area contributed by atoms with Gasteiger partial charge in [-0.2, -0.15) is 0 Å². The van der Waals surface area contributed by atoms with Crippen molar-refractivity contribution in [2.45, 2.75) is 13.0 Å². The van der Waals surface area contributed by atoms with Crippen LogP contribution in [0.2, 0.25) is 0 Å². The molecule has 1 amide bonds. The summed E-state index contributed by atoms with van der Waals surface area (Å²) < 4.78 is 0. The SMILES string of the molecule is C=C(Cl)CN1CCNC(=O)C1C. The number of halogens is 1. The summed E-state index contributed by atoms with van der Waals surface area (Å²) >= 11 is 5.66. The first kappa shape index (κ1) is 9.55. The summed E-state index contributed by atoms with van der Waals surface area (Å²) in [5.41, 5.74) is 0. The van der Waals surface area contributed by atoms with E-state index in [-0.39, 0.29) is 11.9 Å². The maximum Gasteiger partial charge on any atom is 0.237 e. The van der Waals surface area contributed by atoms with E-state index in [2.05, 4.69) is 11.9 Å². The molecular weight excluding hydrogens is 176 g/mol. The molecule has 0 saturated carbocycles. The van der Waals surface area contributed by atoms with Gasteiger partial charge in [0.05, 0.1) is 6.04 Å². The Morgan fingerprint density at radius 3 is 3.17 bits per heavy atom. The average Bonchev–Trinajstić information content (AvgIpc) is 1.98. The van der Waals surface area contributed by atoms with Crippen LogP contribution >= 0.6 is 11.6 Å². The first-order valence-electron chi connectivity index (χ1n) is 3.96. The van der Waals surface area contributed by atoms with Gasteiger partial charge in [0.1, 0.15) is 0 Å². The van der Waals surface area contributed by atoms with Gasteiger partial charge in [0.2, 0.25) is 5.91 Å². The highest BCUT2D eigenvalue weighted by atomic mass is 35.5. The van der Waals surface area contributed by atoms with Gasteiger partial charge in [-0.25, -0.2) is 0 Å². The van der Waals surface area contributed by atoms with Crippen LogP contribution in [-0.4, -0.2) is 36.5 Å². The molecule has 1 aliphatic heterocycles. The van der Waals surface area contributed by atoms with Crippen LogP contribution in [0.5, 0.6) is 0 Å². The molecule has 1 heterocycles. The zero-order valence-electron chi connectivity index (χ0n) is 7.14. The number of amides is 1. The highest BCUT2D eigenvalue weighted by molar-refractivity contribution is 6.29. The van der Waals surface area contributed by atoms with E-state index in [1.54, 1.807) is 0 Å². The lowest BCUT2D eigenvalue weighted by molar-refractivity contribution is -0.127. The first-order chi connectivity index (χ1) is 5.61. The van der Waals surface area contributed by atoms with Crippen molar-refractivity contribution in [2.75, 3.05) is 19.6 Å². The summed E-state index contributed by atoms with van der Waals surface area (Å²) in [6.07, 6.45) is 0. The van der Waals surface area contributed by atoms with Gasteiger partial charge < -0.3 is 5.32 Å². The molecule has 1 fully saturated rings. The Morgan fingerprint density at radius 2 is 2.58 bits per heavy atom. The number of carbonyl (C=O) groups excluding carboxylic acids is 1. The van der Waals surface area contributed by atoms with Crippen LogP contribution in [0.3, 0.4) is 0 Å². The monoisotopic (exact) mass is 188 g/mol. The van der Waals surface area contributed by atoms with Crippen LogP contribution in [0.4, 0.5) is 0 Å². The summed E-state index contributed by atoms with van der Waals surface area (Å²) in [6.45, 7) is 7.61. The van der Waals surface area contributed by atoms with E-state index in [1.807, 2.05) is 11.8 Å². The van der Waals surface area contributed by atoms with E-state index >= 15 is 0 Å². The smallest absolute Gasteiger partial charge is 0.237 e. The number of hydrogen-bond acceptors (Lipinski definition) is 2. The Hall–Kier alpha value is -0.540. The van der Waals surface area contributed by atoms with Crippen molar-refractivity contribution in [2.24, 2.45) is 0 Å². The van der Waals surface area contributed by atoms with Crippen LogP contribution in [0.15, 0.2) is 11.6 Å². The van der Waals surface area contributed by atoms with Crippen molar-refractivity contribution in [3.63, 3.8) is 0 Å². The number of hydrogen-bond donors (Lipinski definition) is 1. The summed E-state index contributed by atoms with van der Waals surface area (Å²) in [6, 6.07) is -0.0887. The Labute approximate surface area is 77.4 Å². The van der Waals surface area contributed by atoms with Gasteiger partial charge in [0.15, 0.2) is 0 Å². The molecule has 68 valence electrons. The summed E-state index contributed by atoms with van der Waals surface area (Å²) in [7, 11) is 0. The first-order valence-corrected chi connectivity index (χ1v) is 4.34. The molecule has 0 radical (unpaired) electrons. The van der Waals surface area contributed by atoms with Gasteiger partial charge in [0, 0.05) is 24.7 Å². The third kappa shape index (κ3) is 2.22. The lowest BCUT2D eigenvalue weighted by Crippen LogP contribution is -2.53. The van der Waals surface area contributed by atoms with Crippen molar-refractivity contribution in [1.82, 2.24) is 10.2 Å². The largest absolute Gasteiger partial charge is 0.353 e. The normalized spacial score (nSPS) is 25.2. The number of carbonyl (C=O) groups is 1. The standard InChI is InChI=1S/C8H13ClN2O/c1-6(9)5-11-4-3-10-8(12)7(11)2/h7H,1,3-5H2,2H3,(H,10,12). The molecule has 0 bridgehead atoms. The van der Waals surface area contributed by atoms with Gasteiger partial charge in [-0.15, -0.1) is 0 Å². The van der Waals surface area contributed by atoms with E-state index in [4.69, 9.17) is 11.6 Å². The lowest BCUT2D eigenvalue weighted by atomic mass is 10.2. The highest BCUT2D eigenvalue weighted by Crippen LogP contribution is 2.08. The van der Waals surface area contributed by atoms with Gasteiger partial charge in [-0.3, -0.25) is 9.69 Å². The van der Waals surface area contributed by atoms with Gasteiger partial charge >= 0.3 is 0 Å². The molecule has 1 aliphatic rings. The minimum atomic E-state index is -0.0887. The molecule has 0 spiro atoms. The van der Waals surface area contributed by atoms with Gasteiger partial charge in [-0.1, -0.05) is 18.2 Å². The third-order valence-corrected chi connectivity index (χ3v) is 2.12. The van der Waals surface area contributed by atoms with E-state index in [9.17, 15) is 4.79 Å². The molecular formula is C8H13ClN2O. The van der Waals surface area contributed by atoms with Crippen LogP contribution in [-0.2, 0) is 4.79 Å². The van der Waals surface area contributed by atoms with E-state index < -0.39 is 0 Å². The van der Waals surface area contributed by atoms with Gasteiger partial charge in [-0.05, 0) is 6.92 Å². The Morgan fingerprint density at radius 1 is 1.92 bits per heavy atom. The number of piperazine rings is 1. The quantitative estimate of drug-likeness (QED) is 0.687. The Kier molecular flexibility index (Phi) is 3.12. The molecule has 12 heavy (non-hydrogen) atoms. The molecule has 1 saturated heterocycles. The molecule has 0 aromatic heterocycles. The molecule has 3 nitrogen and oxygen atoms in total. The third-order valence-electron chi connectivity index (χ3n) is 2.00. The number of nitrogens with zero attached hydrogens (tertiary/aromatic N) is 1. The fourth-order valence-electron chi connectivity index (χ4n) is 1.27. The molecule has 1 atom stereocenters. The zero-order valence-corrected chi connectivity index (χ0v) is 7.90. The highest BCUT2D eigenvalue weighted by Gasteiger charge is 2.24. The van der Waals surface area contributed by atoms with E-state index in [1.165, 1.54) is 0 Å². The zero-order chi connectivity index (χ0) is 9.14. The number of rotatable bonds is 2. The second-order valence-corrected chi connectivity index (χ2v) is 3.49. The average molecular weight is 189 g/mol. The van der Waals surface area contributed by atoms with Crippen molar-refractivity contribution in [3.05, 3.63) is 11.6 Å². The molecule has 1 unspecified atom stereocenters. The number of nitrogens with one attached hydrogen (secondary N) is 1. The van der Waals surface area contributed by atoms with Crippen molar-refractivity contribution < 1.29 is 4.79 Å². The van der Waals surface area contributed by atoms with Crippen molar-refractivity contribution in [1.29, 1.82) is 0 Å². The molecule has 0 aromatic rings. The maximum atomic E-state index is 11.2. The summed E-state index contributed by atoms with van der Waals surface area (Å²) in [5.74, 6) is 0.0687. The predicted molar refractivity (Wildman–Crippen MR) is 49.0 cm³/mol. The molecule has 4 heteroatoms. The molecule has 0 aliphatic carbocycles. The second kappa shape index (κ2) is 3.92. The van der Waals surface area contributed by atoms with Gasteiger partial charge in [0.25, 0.3) is 0 Å².